The Labute approximate surface area is 170 Å². The number of aryl methyl sites for hydroxylation is 1. The Balaban J connectivity index is 1.72. The number of ether oxygens (including phenoxy) is 1. The van der Waals surface area contributed by atoms with Crippen molar-refractivity contribution < 1.29 is 14.3 Å². The van der Waals surface area contributed by atoms with Crippen LogP contribution in [0.15, 0.2) is 54.6 Å². The van der Waals surface area contributed by atoms with Crippen LogP contribution in [0.25, 0.3) is 10.9 Å². The third kappa shape index (κ3) is 3.99. The zero-order valence-electron chi connectivity index (χ0n) is 16.6. The normalized spacial score (nSPS) is 14.4. The van der Waals surface area contributed by atoms with Crippen LogP contribution in [0.4, 0.5) is 0 Å². The first-order valence-corrected chi connectivity index (χ1v) is 10.0. The summed E-state index contributed by atoms with van der Waals surface area (Å²) >= 11 is 0. The van der Waals surface area contributed by atoms with Crippen molar-refractivity contribution in [3.63, 3.8) is 0 Å². The summed E-state index contributed by atoms with van der Waals surface area (Å²) in [6.45, 7) is 3.89. The Bertz CT molecular complexity index is 1060. The molecule has 1 heterocycles. The summed E-state index contributed by atoms with van der Waals surface area (Å²) in [6, 6.07) is 16.9. The molecule has 1 amide bonds. The fourth-order valence-electron chi connectivity index (χ4n) is 3.54. The van der Waals surface area contributed by atoms with Gasteiger partial charge in [0.15, 0.2) is 0 Å². The molecule has 0 saturated heterocycles. The Kier molecular flexibility index (Phi) is 5.30. The van der Waals surface area contributed by atoms with Crippen LogP contribution in [0, 0.1) is 6.92 Å². The number of carbonyl (C=O) groups excluding carboxylic acids is 2. The lowest BCUT2D eigenvalue weighted by Crippen LogP contribution is -2.33. The molecular weight excluding hydrogens is 364 g/mol. The van der Waals surface area contributed by atoms with Gasteiger partial charge in [-0.15, -0.1) is 0 Å². The second-order valence-corrected chi connectivity index (χ2v) is 7.41. The molecule has 29 heavy (non-hydrogen) atoms. The number of hydrogen-bond donors (Lipinski definition) is 1. The SMILES string of the molecule is CCc1nc2ccccc2c(C(=O)O[C@@H](C(=O)NC2CC2)c2ccccc2)c1C. The van der Waals surface area contributed by atoms with E-state index in [1.54, 1.807) is 12.1 Å². The highest BCUT2D eigenvalue weighted by molar-refractivity contribution is 6.05. The van der Waals surface area contributed by atoms with Crippen LogP contribution in [0.2, 0.25) is 0 Å². The molecule has 0 bridgehead atoms. The van der Waals surface area contributed by atoms with Gasteiger partial charge in [0.2, 0.25) is 6.10 Å². The highest BCUT2D eigenvalue weighted by atomic mass is 16.5. The molecule has 1 atom stereocenters. The molecular formula is C24H24N2O3. The molecule has 1 aromatic heterocycles. The fourth-order valence-corrected chi connectivity index (χ4v) is 3.54. The molecule has 5 heteroatoms. The number of aromatic nitrogens is 1. The summed E-state index contributed by atoms with van der Waals surface area (Å²) in [5, 5.41) is 3.69. The van der Waals surface area contributed by atoms with Crippen LogP contribution in [0.1, 0.15) is 53.0 Å². The summed E-state index contributed by atoms with van der Waals surface area (Å²) < 4.78 is 5.82. The monoisotopic (exact) mass is 388 g/mol. The zero-order valence-corrected chi connectivity index (χ0v) is 16.6. The number of amides is 1. The lowest BCUT2D eigenvalue weighted by atomic mass is 10.00. The molecule has 2 aromatic carbocycles. The van der Waals surface area contributed by atoms with Gasteiger partial charge in [-0.2, -0.15) is 0 Å². The number of nitrogens with zero attached hydrogens (tertiary/aromatic N) is 1. The standard InChI is InChI=1S/C24H24N2O3/c1-3-19-15(2)21(18-11-7-8-12-20(18)26-19)24(28)29-22(16-9-5-4-6-10-16)23(27)25-17-13-14-17/h4-12,17,22H,3,13-14H2,1-2H3,(H,25,27)/t22-/m1/s1. The summed E-state index contributed by atoms with van der Waals surface area (Å²) in [6.07, 6.45) is 1.66. The van der Waals surface area contributed by atoms with Gasteiger partial charge in [0, 0.05) is 22.7 Å². The molecule has 5 nitrogen and oxygen atoms in total. The number of hydrogen-bond acceptors (Lipinski definition) is 4. The second-order valence-electron chi connectivity index (χ2n) is 7.41. The average molecular weight is 388 g/mol. The predicted molar refractivity (Wildman–Crippen MR) is 112 cm³/mol. The molecule has 148 valence electrons. The van der Waals surface area contributed by atoms with E-state index >= 15 is 0 Å². The number of benzene rings is 2. The third-order valence-electron chi connectivity index (χ3n) is 5.26. The van der Waals surface area contributed by atoms with Crippen molar-refractivity contribution >= 4 is 22.8 Å². The minimum atomic E-state index is -0.985. The average Bonchev–Trinajstić information content (AvgIpc) is 3.55. The Morgan fingerprint density at radius 3 is 2.48 bits per heavy atom. The minimum absolute atomic E-state index is 0.183. The number of para-hydroxylation sites is 1. The van der Waals surface area contributed by atoms with E-state index in [2.05, 4.69) is 10.3 Å². The van der Waals surface area contributed by atoms with Gasteiger partial charge in [-0.05, 0) is 37.8 Å². The lowest BCUT2D eigenvalue weighted by Gasteiger charge is -2.20. The van der Waals surface area contributed by atoms with E-state index in [9.17, 15) is 9.59 Å². The quantitative estimate of drug-likeness (QED) is 0.640. The van der Waals surface area contributed by atoms with Crippen LogP contribution < -0.4 is 5.32 Å². The number of esters is 1. The van der Waals surface area contributed by atoms with Crippen molar-refractivity contribution in [2.45, 2.75) is 45.3 Å². The molecule has 1 aliphatic carbocycles. The molecule has 0 radical (unpaired) electrons. The molecule has 1 N–H and O–H groups in total. The molecule has 1 aliphatic rings. The molecule has 1 saturated carbocycles. The van der Waals surface area contributed by atoms with E-state index in [1.807, 2.05) is 56.3 Å². The number of carbonyl (C=O) groups is 2. The van der Waals surface area contributed by atoms with Gasteiger partial charge >= 0.3 is 5.97 Å². The molecule has 3 aromatic rings. The summed E-state index contributed by atoms with van der Waals surface area (Å²) in [5.74, 6) is -0.783. The smallest absolute Gasteiger partial charge is 0.340 e. The first kappa shape index (κ1) is 19.1. The lowest BCUT2D eigenvalue weighted by molar-refractivity contribution is -0.130. The van der Waals surface area contributed by atoms with Crippen LogP contribution in [-0.2, 0) is 16.0 Å². The van der Waals surface area contributed by atoms with Crippen molar-refractivity contribution in [2.24, 2.45) is 0 Å². The van der Waals surface area contributed by atoms with E-state index in [-0.39, 0.29) is 11.9 Å². The Hall–Kier alpha value is -3.21. The van der Waals surface area contributed by atoms with Crippen molar-refractivity contribution in [2.75, 3.05) is 0 Å². The zero-order chi connectivity index (χ0) is 20.4. The van der Waals surface area contributed by atoms with Crippen LogP contribution >= 0.6 is 0 Å². The van der Waals surface area contributed by atoms with Gasteiger partial charge in [0.1, 0.15) is 0 Å². The van der Waals surface area contributed by atoms with Gasteiger partial charge < -0.3 is 10.1 Å². The van der Waals surface area contributed by atoms with Crippen LogP contribution in [0.5, 0.6) is 0 Å². The first-order chi connectivity index (χ1) is 14.1. The van der Waals surface area contributed by atoms with Gasteiger partial charge in [-0.3, -0.25) is 9.78 Å². The molecule has 4 rings (SSSR count). The maximum atomic E-state index is 13.3. The van der Waals surface area contributed by atoms with Crippen molar-refractivity contribution in [1.82, 2.24) is 10.3 Å². The van der Waals surface area contributed by atoms with Crippen molar-refractivity contribution in [1.29, 1.82) is 0 Å². The van der Waals surface area contributed by atoms with Crippen LogP contribution in [-0.4, -0.2) is 22.9 Å². The molecule has 0 spiro atoms. The Morgan fingerprint density at radius 2 is 1.79 bits per heavy atom. The predicted octanol–water partition coefficient (Wildman–Crippen LogP) is 4.28. The molecule has 1 fully saturated rings. The minimum Gasteiger partial charge on any atom is -0.444 e. The van der Waals surface area contributed by atoms with Gasteiger partial charge in [-0.1, -0.05) is 55.5 Å². The van der Waals surface area contributed by atoms with E-state index in [0.717, 1.165) is 35.0 Å². The fraction of sp³-hybridized carbons (Fsp3) is 0.292. The van der Waals surface area contributed by atoms with Crippen molar-refractivity contribution in [3.05, 3.63) is 77.0 Å². The van der Waals surface area contributed by atoms with E-state index < -0.39 is 12.1 Å². The number of fused-ring (bicyclic) bond motifs is 1. The third-order valence-corrected chi connectivity index (χ3v) is 5.26. The second kappa shape index (κ2) is 8.03. The van der Waals surface area contributed by atoms with Gasteiger partial charge in [0.05, 0.1) is 11.1 Å². The maximum Gasteiger partial charge on any atom is 0.340 e. The first-order valence-electron chi connectivity index (χ1n) is 10.0. The van der Waals surface area contributed by atoms with E-state index in [4.69, 9.17) is 4.74 Å². The van der Waals surface area contributed by atoms with Crippen molar-refractivity contribution in [3.8, 4) is 0 Å². The van der Waals surface area contributed by atoms with Gasteiger partial charge in [-0.25, -0.2) is 4.79 Å². The number of rotatable bonds is 6. The summed E-state index contributed by atoms with van der Waals surface area (Å²) in [5.41, 5.74) is 3.54. The Morgan fingerprint density at radius 1 is 1.10 bits per heavy atom. The van der Waals surface area contributed by atoms with Gasteiger partial charge in [0.25, 0.3) is 5.91 Å². The molecule has 0 unspecified atom stereocenters. The van der Waals surface area contributed by atoms with E-state index in [0.29, 0.717) is 17.5 Å². The highest BCUT2D eigenvalue weighted by Crippen LogP contribution is 2.28. The summed E-state index contributed by atoms with van der Waals surface area (Å²) in [7, 11) is 0. The van der Waals surface area contributed by atoms with E-state index in [1.165, 1.54) is 0 Å². The largest absolute Gasteiger partial charge is 0.444 e. The summed E-state index contributed by atoms with van der Waals surface area (Å²) in [4.78, 5) is 30.8. The van der Waals surface area contributed by atoms with Crippen LogP contribution in [0.3, 0.4) is 0 Å². The number of nitrogens with one attached hydrogen (secondary N) is 1. The number of pyridine rings is 1. The topological polar surface area (TPSA) is 68.3 Å². The molecule has 0 aliphatic heterocycles. The maximum absolute atomic E-state index is 13.3. The highest BCUT2D eigenvalue weighted by Gasteiger charge is 2.32.